The van der Waals surface area contributed by atoms with Gasteiger partial charge in [0, 0.05) is 5.69 Å². The van der Waals surface area contributed by atoms with Gasteiger partial charge in [0.1, 0.15) is 17.1 Å². The van der Waals surface area contributed by atoms with Crippen LogP contribution in [0.15, 0.2) is 42.5 Å². The van der Waals surface area contributed by atoms with E-state index in [0.717, 1.165) is 30.3 Å². The van der Waals surface area contributed by atoms with Crippen LogP contribution >= 0.6 is 11.6 Å². The van der Waals surface area contributed by atoms with E-state index in [1.807, 2.05) is 0 Å². The molecular weight excluding hydrogens is 382 g/mol. The van der Waals surface area contributed by atoms with Crippen LogP contribution in [0.4, 0.5) is 23.2 Å². The highest BCUT2D eigenvalue weighted by molar-refractivity contribution is 6.33. The van der Waals surface area contributed by atoms with Crippen LogP contribution in [-0.4, -0.2) is 24.8 Å². The van der Waals surface area contributed by atoms with E-state index in [4.69, 9.17) is 11.6 Å². The van der Waals surface area contributed by atoms with Crippen molar-refractivity contribution >= 4 is 29.2 Å². The zero-order chi connectivity index (χ0) is 19.3. The summed E-state index contributed by atoms with van der Waals surface area (Å²) in [4.78, 5) is 23.5. The van der Waals surface area contributed by atoms with Crippen molar-refractivity contribution < 1.29 is 36.6 Å². The second-order valence-electron chi connectivity index (χ2n) is 4.79. The average Bonchev–Trinajstić information content (AvgIpc) is 2.53. The van der Waals surface area contributed by atoms with Crippen molar-refractivity contribution in [2.75, 3.05) is 11.9 Å². The molecule has 0 heterocycles. The maximum absolute atomic E-state index is 13.5. The van der Waals surface area contributed by atoms with Crippen LogP contribution < -0.4 is 10.1 Å². The van der Waals surface area contributed by atoms with Gasteiger partial charge in [0.05, 0.1) is 5.02 Å². The molecule has 1 amide bonds. The van der Waals surface area contributed by atoms with Gasteiger partial charge in [-0.2, -0.15) is 0 Å². The van der Waals surface area contributed by atoms with Crippen LogP contribution in [0, 0.1) is 5.82 Å². The standard InChI is InChI=1S/C16H10ClF4NO4/c17-11-2-1-3-12(18)14(11)15(24)25-8-13(23)22-9-4-6-10(7-5-9)26-16(19,20)21/h1-7H,8H2,(H,22,23). The Hall–Kier alpha value is -2.81. The zero-order valence-electron chi connectivity index (χ0n) is 12.8. The average molecular weight is 392 g/mol. The molecular formula is C16H10ClF4NO4. The maximum atomic E-state index is 13.5. The minimum Gasteiger partial charge on any atom is -0.452 e. The van der Waals surface area contributed by atoms with Gasteiger partial charge in [0.2, 0.25) is 0 Å². The second-order valence-corrected chi connectivity index (χ2v) is 5.20. The summed E-state index contributed by atoms with van der Waals surface area (Å²) in [6, 6.07) is 7.90. The number of hydrogen-bond acceptors (Lipinski definition) is 4. The molecule has 0 aliphatic heterocycles. The minimum absolute atomic E-state index is 0.143. The number of anilines is 1. The highest BCUT2D eigenvalue weighted by Crippen LogP contribution is 2.24. The van der Waals surface area contributed by atoms with E-state index in [-0.39, 0.29) is 10.7 Å². The first kappa shape index (κ1) is 19.5. The van der Waals surface area contributed by atoms with E-state index in [1.165, 1.54) is 12.1 Å². The van der Waals surface area contributed by atoms with Crippen LogP contribution in [0.1, 0.15) is 10.4 Å². The molecule has 0 saturated carbocycles. The van der Waals surface area contributed by atoms with Gasteiger partial charge in [0.25, 0.3) is 5.91 Å². The summed E-state index contributed by atoms with van der Waals surface area (Å²) in [7, 11) is 0. The first-order valence-electron chi connectivity index (χ1n) is 6.92. The van der Waals surface area contributed by atoms with Crippen molar-refractivity contribution in [2.24, 2.45) is 0 Å². The predicted molar refractivity (Wildman–Crippen MR) is 83.4 cm³/mol. The van der Waals surface area contributed by atoms with Crippen molar-refractivity contribution in [2.45, 2.75) is 6.36 Å². The summed E-state index contributed by atoms with van der Waals surface area (Å²) in [6.45, 7) is -0.746. The summed E-state index contributed by atoms with van der Waals surface area (Å²) in [5.41, 5.74) is -0.361. The number of carbonyl (C=O) groups excluding carboxylic acids is 2. The highest BCUT2D eigenvalue weighted by atomic mass is 35.5. The molecule has 0 aliphatic carbocycles. The predicted octanol–water partition coefficient (Wildman–Crippen LogP) is 4.17. The van der Waals surface area contributed by atoms with E-state index in [0.29, 0.717) is 0 Å². The van der Waals surface area contributed by atoms with Crippen LogP contribution in [0.2, 0.25) is 5.02 Å². The number of hydrogen-bond donors (Lipinski definition) is 1. The molecule has 26 heavy (non-hydrogen) atoms. The van der Waals surface area contributed by atoms with Gasteiger partial charge in [-0.1, -0.05) is 17.7 Å². The Morgan fingerprint density at radius 2 is 1.73 bits per heavy atom. The molecule has 1 N–H and O–H groups in total. The summed E-state index contributed by atoms with van der Waals surface area (Å²) in [5.74, 6) is -3.27. The largest absolute Gasteiger partial charge is 0.573 e. The molecule has 0 bridgehead atoms. The van der Waals surface area contributed by atoms with Gasteiger partial charge in [-0.3, -0.25) is 4.79 Å². The lowest BCUT2D eigenvalue weighted by Crippen LogP contribution is -2.21. The molecule has 0 fully saturated rings. The van der Waals surface area contributed by atoms with E-state index in [1.54, 1.807) is 0 Å². The number of halogens is 5. The lowest BCUT2D eigenvalue weighted by atomic mass is 10.2. The van der Waals surface area contributed by atoms with E-state index >= 15 is 0 Å². The van der Waals surface area contributed by atoms with E-state index in [9.17, 15) is 27.2 Å². The molecule has 10 heteroatoms. The third-order valence-electron chi connectivity index (χ3n) is 2.87. The number of esters is 1. The topological polar surface area (TPSA) is 64.6 Å². The normalized spacial score (nSPS) is 11.0. The number of nitrogens with one attached hydrogen (secondary N) is 1. The molecule has 0 aromatic heterocycles. The quantitative estimate of drug-likeness (QED) is 0.613. The number of carbonyl (C=O) groups is 2. The Morgan fingerprint density at radius 3 is 2.31 bits per heavy atom. The molecule has 0 spiro atoms. The van der Waals surface area contributed by atoms with Crippen LogP contribution in [0.25, 0.3) is 0 Å². The smallest absolute Gasteiger partial charge is 0.452 e. The molecule has 0 atom stereocenters. The number of rotatable bonds is 5. The Labute approximate surface area is 149 Å². The zero-order valence-corrected chi connectivity index (χ0v) is 13.5. The highest BCUT2D eigenvalue weighted by Gasteiger charge is 2.31. The lowest BCUT2D eigenvalue weighted by Gasteiger charge is -2.10. The summed E-state index contributed by atoms with van der Waals surface area (Å²) in [5, 5.41) is 2.12. The van der Waals surface area contributed by atoms with Crippen LogP contribution in [0.3, 0.4) is 0 Å². The SMILES string of the molecule is O=C(COC(=O)c1c(F)cccc1Cl)Nc1ccc(OC(F)(F)F)cc1. The van der Waals surface area contributed by atoms with Gasteiger partial charge in [-0.25, -0.2) is 9.18 Å². The number of alkyl halides is 3. The molecule has 0 unspecified atom stereocenters. The minimum atomic E-state index is -4.83. The molecule has 2 rings (SSSR count). The van der Waals surface area contributed by atoms with Gasteiger partial charge in [-0.05, 0) is 36.4 Å². The van der Waals surface area contributed by atoms with Crippen LogP contribution in [-0.2, 0) is 9.53 Å². The third-order valence-corrected chi connectivity index (χ3v) is 3.19. The Balaban J connectivity index is 1.90. The van der Waals surface area contributed by atoms with E-state index in [2.05, 4.69) is 14.8 Å². The first-order valence-corrected chi connectivity index (χ1v) is 7.30. The van der Waals surface area contributed by atoms with Gasteiger partial charge < -0.3 is 14.8 Å². The van der Waals surface area contributed by atoms with E-state index < -0.39 is 42.0 Å². The number of benzene rings is 2. The first-order chi connectivity index (χ1) is 12.2. The molecule has 2 aromatic carbocycles. The van der Waals surface area contributed by atoms with Crippen molar-refractivity contribution in [1.29, 1.82) is 0 Å². The van der Waals surface area contributed by atoms with Gasteiger partial charge in [0.15, 0.2) is 6.61 Å². The fourth-order valence-electron chi connectivity index (χ4n) is 1.83. The summed E-state index contributed by atoms with van der Waals surface area (Å²) >= 11 is 5.70. The van der Waals surface area contributed by atoms with Gasteiger partial charge in [-0.15, -0.1) is 13.2 Å². The van der Waals surface area contributed by atoms with Crippen molar-refractivity contribution in [3.05, 3.63) is 58.9 Å². The molecule has 2 aromatic rings. The molecule has 0 radical (unpaired) electrons. The Kier molecular flexibility index (Phi) is 6.04. The third kappa shape index (κ3) is 5.62. The van der Waals surface area contributed by atoms with Crippen LogP contribution in [0.5, 0.6) is 5.75 Å². The Morgan fingerprint density at radius 1 is 1.08 bits per heavy atom. The van der Waals surface area contributed by atoms with Crippen molar-refractivity contribution in [3.8, 4) is 5.75 Å². The number of ether oxygens (including phenoxy) is 2. The fraction of sp³-hybridized carbons (Fsp3) is 0.125. The Bertz CT molecular complexity index is 789. The maximum Gasteiger partial charge on any atom is 0.573 e. The summed E-state index contributed by atoms with van der Waals surface area (Å²) < 4.78 is 58.0. The fourth-order valence-corrected chi connectivity index (χ4v) is 2.07. The van der Waals surface area contributed by atoms with Gasteiger partial charge >= 0.3 is 12.3 Å². The summed E-state index contributed by atoms with van der Waals surface area (Å²) in [6.07, 6.45) is -4.83. The molecule has 5 nitrogen and oxygen atoms in total. The molecule has 0 saturated heterocycles. The molecule has 0 aliphatic rings. The molecule has 138 valence electrons. The second kappa shape index (κ2) is 8.05. The lowest BCUT2D eigenvalue weighted by molar-refractivity contribution is -0.274. The number of amides is 1. The van der Waals surface area contributed by atoms with Crippen molar-refractivity contribution in [1.82, 2.24) is 0 Å². The van der Waals surface area contributed by atoms with Crippen molar-refractivity contribution in [3.63, 3.8) is 0 Å². The monoisotopic (exact) mass is 391 g/mol.